The average molecular weight is 149 g/mol. The van der Waals surface area contributed by atoms with Crippen LogP contribution in [-0.4, -0.2) is 38.7 Å². The maximum absolute atomic E-state index is 8.89. The minimum absolute atomic E-state index is 0.0356. The van der Waals surface area contributed by atoms with Crippen molar-refractivity contribution in [2.24, 2.45) is 0 Å². The summed E-state index contributed by atoms with van der Waals surface area (Å²) in [5.74, 6) is 0. The standard InChI is InChI=1S/C6H13O4/c1-4(8)6(10)5(9)2-3-7/h3-10H,2H2,1H3. The van der Waals surface area contributed by atoms with Crippen molar-refractivity contribution in [1.82, 2.24) is 0 Å². The maximum Gasteiger partial charge on any atom is 0.105 e. The number of aliphatic hydroxyl groups excluding tert-OH is 4. The molecule has 3 atom stereocenters. The molecular weight excluding hydrogens is 136 g/mol. The highest BCUT2D eigenvalue weighted by molar-refractivity contribution is 4.73. The van der Waals surface area contributed by atoms with E-state index in [-0.39, 0.29) is 6.42 Å². The topological polar surface area (TPSA) is 80.9 Å². The molecule has 4 nitrogen and oxygen atoms in total. The first-order valence-corrected chi connectivity index (χ1v) is 3.09. The molecule has 4 N–H and O–H groups in total. The van der Waals surface area contributed by atoms with Crippen molar-refractivity contribution < 1.29 is 20.4 Å². The summed E-state index contributed by atoms with van der Waals surface area (Å²) in [6, 6.07) is 0. The fourth-order valence-electron chi connectivity index (χ4n) is 0.569. The Bertz CT molecular complexity index is 83.8. The van der Waals surface area contributed by atoms with E-state index in [9.17, 15) is 0 Å². The summed E-state index contributed by atoms with van der Waals surface area (Å²) in [6.07, 6.45) is -3.30. The van der Waals surface area contributed by atoms with Gasteiger partial charge in [0.2, 0.25) is 0 Å². The Kier molecular flexibility index (Phi) is 4.55. The molecule has 0 aromatic carbocycles. The van der Waals surface area contributed by atoms with Crippen molar-refractivity contribution in [1.29, 1.82) is 0 Å². The van der Waals surface area contributed by atoms with Crippen molar-refractivity contribution in [3.63, 3.8) is 0 Å². The molecule has 0 fully saturated rings. The van der Waals surface area contributed by atoms with E-state index in [4.69, 9.17) is 20.4 Å². The minimum Gasteiger partial charge on any atom is -0.391 e. The number of hydrogen-bond donors (Lipinski definition) is 4. The third kappa shape index (κ3) is 3.12. The van der Waals surface area contributed by atoms with Crippen LogP contribution in [0.3, 0.4) is 0 Å². The predicted molar refractivity (Wildman–Crippen MR) is 34.5 cm³/mol. The van der Waals surface area contributed by atoms with Crippen molar-refractivity contribution in [3.05, 3.63) is 6.61 Å². The van der Waals surface area contributed by atoms with Crippen molar-refractivity contribution in [3.8, 4) is 0 Å². The minimum atomic E-state index is -1.19. The molecule has 0 saturated carbocycles. The van der Waals surface area contributed by atoms with Crippen LogP contribution < -0.4 is 0 Å². The first kappa shape index (κ1) is 9.84. The van der Waals surface area contributed by atoms with E-state index in [2.05, 4.69) is 0 Å². The largest absolute Gasteiger partial charge is 0.391 e. The molecule has 0 spiro atoms. The average Bonchev–Trinajstić information content (AvgIpc) is 1.87. The van der Waals surface area contributed by atoms with Crippen LogP contribution in [0.25, 0.3) is 0 Å². The zero-order chi connectivity index (χ0) is 8.15. The molecule has 4 heteroatoms. The molecule has 0 heterocycles. The van der Waals surface area contributed by atoms with Gasteiger partial charge in [-0.25, -0.2) is 0 Å². The van der Waals surface area contributed by atoms with Gasteiger partial charge in [-0.15, -0.1) is 0 Å². The lowest BCUT2D eigenvalue weighted by Crippen LogP contribution is -2.35. The second kappa shape index (κ2) is 4.62. The maximum atomic E-state index is 8.89. The van der Waals surface area contributed by atoms with E-state index in [0.29, 0.717) is 0 Å². The summed E-state index contributed by atoms with van der Waals surface area (Å²) in [4.78, 5) is 0. The van der Waals surface area contributed by atoms with Gasteiger partial charge in [-0.05, 0) is 6.92 Å². The monoisotopic (exact) mass is 149 g/mol. The van der Waals surface area contributed by atoms with Crippen LogP contribution in [-0.2, 0) is 0 Å². The first-order chi connectivity index (χ1) is 4.59. The molecule has 0 aliphatic rings. The summed E-state index contributed by atoms with van der Waals surface area (Å²) in [6.45, 7) is 2.11. The van der Waals surface area contributed by atoms with Crippen LogP contribution in [0, 0.1) is 6.61 Å². The summed E-state index contributed by atoms with van der Waals surface area (Å²) in [7, 11) is 0. The van der Waals surface area contributed by atoms with Gasteiger partial charge in [-0.2, -0.15) is 0 Å². The van der Waals surface area contributed by atoms with E-state index in [1.165, 1.54) is 6.92 Å². The van der Waals surface area contributed by atoms with Gasteiger partial charge in [-0.3, -0.25) is 0 Å². The second-order valence-corrected chi connectivity index (χ2v) is 2.22. The molecule has 3 unspecified atom stereocenters. The van der Waals surface area contributed by atoms with Crippen molar-refractivity contribution in [2.45, 2.75) is 31.7 Å². The quantitative estimate of drug-likeness (QED) is 0.414. The summed E-state index contributed by atoms with van der Waals surface area (Å²) >= 11 is 0. The molecule has 61 valence electrons. The zero-order valence-corrected chi connectivity index (χ0v) is 5.81. The first-order valence-electron chi connectivity index (χ1n) is 3.09. The van der Waals surface area contributed by atoms with Crippen LogP contribution >= 0.6 is 0 Å². The second-order valence-electron chi connectivity index (χ2n) is 2.22. The van der Waals surface area contributed by atoms with Crippen molar-refractivity contribution >= 4 is 0 Å². The Balaban J connectivity index is 3.58. The molecule has 0 bridgehead atoms. The molecule has 0 amide bonds. The van der Waals surface area contributed by atoms with Gasteiger partial charge < -0.3 is 20.4 Å². The van der Waals surface area contributed by atoms with Gasteiger partial charge in [0, 0.05) is 6.42 Å². The van der Waals surface area contributed by atoms with Crippen LogP contribution in [0.5, 0.6) is 0 Å². The van der Waals surface area contributed by atoms with Crippen LogP contribution in [0.4, 0.5) is 0 Å². The third-order valence-electron chi connectivity index (χ3n) is 1.24. The van der Waals surface area contributed by atoms with Crippen LogP contribution in [0.2, 0.25) is 0 Å². The Morgan fingerprint density at radius 3 is 2.10 bits per heavy atom. The molecule has 0 aliphatic heterocycles. The molecule has 1 radical (unpaired) electrons. The summed E-state index contributed by atoms with van der Waals surface area (Å²) < 4.78 is 0. The fraction of sp³-hybridized carbons (Fsp3) is 0.833. The van der Waals surface area contributed by atoms with E-state index >= 15 is 0 Å². The highest BCUT2D eigenvalue weighted by atomic mass is 16.4. The Hall–Kier alpha value is -0.160. The Labute approximate surface area is 59.7 Å². The normalized spacial score (nSPS) is 20.1. The molecular formula is C6H13O4. The predicted octanol–water partition coefficient (Wildman–Crippen LogP) is -0.987. The fourth-order valence-corrected chi connectivity index (χ4v) is 0.569. The third-order valence-corrected chi connectivity index (χ3v) is 1.24. The lowest BCUT2D eigenvalue weighted by molar-refractivity contribution is -0.0544. The Morgan fingerprint density at radius 2 is 1.80 bits per heavy atom. The molecule has 10 heavy (non-hydrogen) atoms. The summed E-state index contributed by atoms with van der Waals surface area (Å²) in [5.41, 5.74) is 0. The van der Waals surface area contributed by atoms with Crippen molar-refractivity contribution in [2.75, 3.05) is 0 Å². The van der Waals surface area contributed by atoms with E-state index in [1.807, 2.05) is 0 Å². The van der Waals surface area contributed by atoms with E-state index in [1.54, 1.807) is 0 Å². The molecule has 0 aromatic heterocycles. The SMILES string of the molecule is CC(O)C(O)C(O)C[CH]O. The van der Waals surface area contributed by atoms with Gasteiger partial charge in [0.25, 0.3) is 0 Å². The zero-order valence-electron chi connectivity index (χ0n) is 5.81. The lowest BCUT2D eigenvalue weighted by atomic mass is 10.1. The van der Waals surface area contributed by atoms with E-state index in [0.717, 1.165) is 6.61 Å². The van der Waals surface area contributed by atoms with Crippen LogP contribution in [0.15, 0.2) is 0 Å². The smallest absolute Gasteiger partial charge is 0.105 e. The lowest BCUT2D eigenvalue weighted by Gasteiger charge is -2.18. The Morgan fingerprint density at radius 1 is 1.30 bits per heavy atom. The van der Waals surface area contributed by atoms with Gasteiger partial charge in [-0.1, -0.05) is 0 Å². The van der Waals surface area contributed by atoms with Gasteiger partial charge in [0.1, 0.15) is 6.10 Å². The van der Waals surface area contributed by atoms with Gasteiger partial charge >= 0.3 is 0 Å². The van der Waals surface area contributed by atoms with Crippen LogP contribution in [0.1, 0.15) is 13.3 Å². The molecule has 0 rings (SSSR count). The number of aliphatic hydroxyl groups is 4. The molecule has 0 aromatic rings. The number of rotatable bonds is 4. The number of hydrogen-bond acceptors (Lipinski definition) is 4. The molecule has 0 saturated heterocycles. The van der Waals surface area contributed by atoms with Gasteiger partial charge in [0.15, 0.2) is 0 Å². The highest BCUT2D eigenvalue weighted by Crippen LogP contribution is 2.03. The molecule has 0 aliphatic carbocycles. The van der Waals surface area contributed by atoms with E-state index < -0.39 is 18.3 Å². The highest BCUT2D eigenvalue weighted by Gasteiger charge is 2.20. The summed E-state index contributed by atoms with van der Waals surface area (Å²) in [5, 5.41) is 34.7. The van der Waals surface area contributed by atoms with Gasteiger partial charge in [0.05, 0.1) is 18.8 Å².